The highest BCUT2D eigenvalue weighted by atomic mass is 35.5. The van der Waals surface area contributed by atoms with Gasteiger partial charge in [-0.05, 0) is 44.0 Å². The fourth-order valence-corrected chi connectivity index (χ4v) is 3.32. The highest BCUT2D eigenvalue weighted by Crippen LogP contribution is 2.19. The lowest BCUT2D eigenvalue weighted by Crippen LogP contribution is -2.59. The van der Waals surface area contributed by atoms with E-state index in [9.17, 15) is 9.18 Å². The van der Waals surface area contributed by atoms with Crippen LogP contribution in [0.5, 0.6) is 0 Å². The zero-order valence-electron chi connectivity index (χ0n) is 16.4. The lowest BCUT2D eigenvalue weighted by Gasteiger charge is -2.40. The molecule has 1 atom stereocenters. The molecule has 1 fully saturated rings. The molecule has 1 amide bonds. The van der Waals surface area contributed by atoms with Gasteiger partial charge in [0.05, 0.1) is 11.6 Å². The SMILES string of the molecule is CCC(CC)(CN)NC(=O)C(C)N1CCN(c2ccc(F)cc2)CC1.Cl.Cl. The first-order valence-electron chi connectivity index (χ1n) is 9.21. The molecular weight excluding hydrogens is 390 g/mol. The third kappa shape index (κ3) is 6.49. The van der Waals surface area contributed by atoms with Gasteiger partial charge >= 0.3 is 0 Å². The molecule has 0 saturated carbocycles. The molecule has 156 valence electrons. The summed E-state index contributed by atoms with van der Waals surface area (Å²) in [6.45, 7) is 9.79. The minimum atomic E-state index is -0.304. The molecule has 1 aromatic carbocycles. The Labute approximate surface area is 174 Å². The Morgan fingerprint density at radius 2 is 1.67 bits per heavy atom. The molecule has 1 aromatic rings. The molecule has 3 N–H and O–H groups in total. The van der Waals surface area contributed by atoms with Crippen molar-refractivity contribution in [1.29, 1.82) is 0 Å². The summed E-state index contributed by atoms with van der Waals surface area (Å²) in [5.74, 6) is -0.174. The zero-order chi connectivity index (χ0) is 18.4. The average molecular weight is 423 g/mol. The number of nitrogens with one attached hydrogen (secondary N) is 1. The molecule has 0 aliphatic carbocycles. The fraction of sp³-hybridized carbons (Fsp3) is 0.632. The molecule has 1 saturated heterocycles. The van der Waals surface area contributed by atoms with E-state index < -0.39 is 0 Å². The van der Waals surface area contributed by atoms with Crippen LogP contribution in [0.4, 0.5) is 10.1 Å². The van der Waals surface area contributed by atoms with Crippen molar-refractivity contribution in [3.8, 4) is 0 Å². The first kappa shape index (κ1) is 25.9. The van der Waals surface area contributed by atoms with Gasteiger partial charge in [0, 0.05) is 38.4 Å². The standard InChI is InChI=1S/C19H31FN4O.2ClH/c1-4-19(5-2,14-21)22-18(25)15(3)23-10-12-24(13-11-23)17-8-6-16(20)7-9-17;;/h6-9,15H,4-5,10-14,21H2,1-3H3,(H,22,25);2*1H. The Kier molecular flexibility index (Phi) is 11.2. The summed E-state index contributed by atoms with van der Waals surface area (Å²) in [5, 5.41) is 3.16. The number of carbonyl (C=O) groups is 1. The first-order chi connectivity index (χ1) is 11.9. The number of halogens is 3. The lowest BCUT2D eigenvalue weighted by molar-refractivity contribution is -0.128. The van der Waals surface area contributed by atoms with E-state index in [4.69, 9.17) is 5.73 Å². The highest BCUT2D eigenvalue weighted by molar-refractivity contribution is 5.85. The van der Waals surface area contributed by atoms with Crippen LogP contribution < -0.4 is 16.0 Å². The van der Waals surface area contributed by atoms with Crippen LogP contribution in [0.1, 0.15) is 33.6 Å². The Bertz CT molecular complexity index is 553. The van der Waals surface area contributed by atoms with E-state index in [-0.39, 0.29) is 48.1 Å². The van der Waals surface area contributed by atoms with Crippen molar-refractivity contribution >= 4 is 36.4 Å². The van der Waals surface area contributed by atoms with E-state index in [0.29, 0.717) is 6.54 Å². The maximum atomic E-state index is 13.1. The number of benzene rings is 1. The molecule has 2 rings (SSSR count). The summed E-state index contributed by atoms with van der Waals surface area (Å²) in [6.07, 6.45) is 1.66. The second-order valence-corrected chi connectivity index (χ2v) is 6.86. The molecule has 27 heavy (non-hydrogen) atoms. The minimum absolute atomic E-state index is 0. The van der Waals surface area contributed by atoms with E-state index in [1.54, 1.807) is 12.1 Å². The summed E-state index contributed by atoms with van der Waals surface area (Å²) in [6, 6.07) is 6.40. The lowest BCUT2D eigenvalue weighted by atomic mass is 9.92. The summed E-state index contributed by atoms with van der Waals surface area (Å²) in [5.41, 5.74) is 6.61. The van der Waals surface area contributed by atoms with E-state index in [1.165, 1.54) is 12.1 Å². The number of nitrogens with zero attached hydrogens (tertiary/aromatic N) is 2. The number of nitrogens with two attached hydrogens (primary N) is 1. The van der Waals surface area contributed by atoms with Crippen molar-refractivity contribution in [2.45, 2.75) is 45.2 Å². The molecule has 1 aliphatic heterocycles. The molecule has 0 radical (unpaired) electrons. The second-order valence-electron chi connectivity index (χ2n) is 6.86. The summed E-state index contributed by atoms with van der Waals surface area (Å²) >= 11 is 0. The van der Waals surface area contributed by atoms with E-state index in [0.717, 1.165) is 44.7 Å². The van der Waals surface area contributed by atoms with Crippen molar-refractivity contribution < 1.29 is 9.18 Å². The van der Waals surface area contributed by atoms with Crippen LogP contribution in [0.25, 0.3) is 0 Å². The number of carbonyl (C=O) groups excluding carboxylic acids is 1. The van der Waals surface area contributed by atoms with Crippen LogP contribution in [-0.2, 0) is 4.79 Å². The predicted molar refractivity (Wildman–Crippen MR) is 115 cm³/mol. The van der Waals surface area contributed by atoms with Crippen molar-refractivity contribution in [2.24, 2.45) is 5.73 Å². The van der Waals surface area contributed by atoms with Gasteiger partial charge in [-0.1, -0.05) is 13.8 Å². The number of hydrogen-bond donors (Lipinski definition) is 2. The average Bonchev–Trinajstić information content (AvgIpc) is 2.66. The number of rotatable bonds is 7. The Morgan fingerprint density at radius 3 is 2.11 bits per heavy atom. The maximum absolute atomic E-state index is 13.1. The van der Waals surface area contributed by atoms with Gasteiger partial charge in [-0.25, -0.2) is 4.39 Å². The number of piperazine rings is 1. The van der Waals surface area contributed by atoms with Crippen molar-refractivity contribution in [2.75, 3.05) is 37.6 Å². The third-order valence-corrected chi connectivity index (χ3v) is 5.57. The first-order valence-corrected chi connectivity index (χ1v) is 9.21. The van der Waals surface area contributed by atoms with Gasteiger partial charge in [0.1, 0.15) is 5.82 Å². The van der Waals surface area contributed by atoms with Gasteiger partial charge in [0.15, 0.2) is 0 Å². The summed E-state index contributed by atoms with van der Waals surface area (Å²) in [7, 11) is 0. The van der Waals surface area contributed by atoms with E-state index in [2.05, 4.69) is 29.0 Å². The van der Waals surface area contributed by atoms with Gasteiger partial charge in [0.25, 0.3) is 0 Å². The van der Waals surface area contributed by atoms with Crippen molar-refractivity contribution in [1.82, 2.24) is 10.2 Å². The highest BCUT2D eigenvalue weighted by Gasteiger charge is 2.31. The van der Waals surface area contributed by atoms with Crippen LogP contribution in [0.2, 0.25) is 0 Å². The summed E-state index contributed by atoms with van der Waals surface area (Å²) in [4.78, 5) is 17.1. The van der Waals surface area contributed by atoms with Crippen LogP contribution in [0.15, 0.2) is 24.3 Å². The van der Waals surface area contributed by atoms with E-state index >= 15 is 0 Å². The van der Waals surface area contributed by atoms with Gasteiger partial charge in [-0.3, -0.25) is 9.69 Å². The molecular formula is C19H33Cl2FN4O. The maximum Gasteiger partial charge on any atom is 0.237 e. The molecule has 0 aromatic heterocycles. The minimum Gasteiger partial charge on any atom is -0.369 e. The van der Waals surface area contributed by atoms with Crippen LogP contribution >= 0.6 is 24.8 Å². The van der Waals surface area contributed by atoms with E-state index in [1.807, 2.05) is 6.92 Å². The van der Waals surface area contributed by atoms with Crippen LogP contribution in [-0.4, -0.2) is 55.1 Å². The molecule has 1 aliphatic rings. The molecule has 0 bridgehead atoms. The monoisotopic (exact) mass is 422 g/mol. The Morgan fingerprint density at radius 1 is 1.15 bits per heavy atom. The quantitative estimate of drug-likeness (QED) is 0.708. The molecule has 1 heterocycles. The van der Waals surface area contributed by atoms with Gasteiger partial charge < -0.3 is 16.0 Å². The number of amides is 1. The van der Waals surface area contributed by atoms with Gasteiger partial charge in [-0.15, -0.1) is 24.8 Å². The van der Waals surface area contributed by atoms with Gasteiger partial charge in [0.2, 0.25) is 5.91 Å². The Hall–Kier alpha value is -1.08. The molecule has 8 heteroatoms. The third-order valence-electron chi connectivity index (χ3n) is 5.57. The molecule has 0 spiro atoms. The van der Waals surface area contributed by atoms with Gasteiger partial charge in [-0.2, -0.15) is 0 Å². The van der Waals surface area contributed by atoms with Crippen molar-refractivity contribution in [3.05, 3.63) is 30.1 Å². The predicted octanol–water partition coefficient (Wildman–Crippen LogP) is 2.81. The zero-order valence-corrected chi connectivity index (χ0v) is 18.0. The molecule has 5 nitrogen and oxygen atoms in total. The number of anilines is 1. The largest absolute Gasteiger partial charge is 0.369 e. The van der Waals surface area contributed by atoms with Crippen molar-refractivity contribution in [3.63, 3.8) is 0 Å². The second kappa shape index (κ2) is 11.7. The Balaban J connectivity index is 0.00000338. The molecule has 1 unspecified atom stereocenters. The summed E-state index contributed by atoms with van der Waals surface area (Å²) < 4.78 is 13.1. The number of hydrogen-bond acceptors (Lipinski definition) is 4. The van der Waals surface area contributed by atoms with Crippen LogP contribution in [0.3, 0.4) is 0 Å². The topological polar surface area (TPSA) is 61.6 Å². The normalized spacial score (nSPS) is 16.1. The van der Waals surface area contributed by atoms with Crippen LogP contribution in [0, 0.1) is 5.82 Å². The smallest absolute Gasteiger partial charge is 0.237 e. The fourth-order valence-electron chi connectivity index (χ4n) is 3.32.